The highest BCUT2D eigenvalue weighted by Crippen LogP contribution is 2.03. The SMILES string of the molecule is C.CCCN(CCC)CCNc1cc(=S)c1=O. The molecule has 0 bridgehead atoms. The molecule has 0 radical (unpaired) electrons. The Balaban J connectivity index is 0.00000256. The fourth-order valence-electron chi connectivity index (χ4n) is 1.77. The lowest BCUT2D eigenvalue weighted by Crippen LogP contribution is -2.31. The molecule has 0 heterocycles. The summed E-state index contributed by atoms with van der Waals surface area (Å²) in [7, 11) is 0. The second kappa shape index (κ2) is 8.37. The Bertz CT molecular complexity index is 376. The third-order valence-electron chi connectivity index (χ3n) is 2.57. The Labute approximate surface area is 110 Å². The second-order valence-corrected chi connectivity index (χ2v) is 4.46. The van der Waals surface area contributed by atoms with Gasteiger partial charge in [0, 0.05) is 13.1 Å². The molecular formula is C13H24N2OS. The van der Waals surface area contributed by atoms with Crippen molar-refractivity contribution in [1.82, 2.24) is 4.90 Å². The number of nitrogens with zero attached hydrogens (tertiary/aromatic N) is 1. The highest BCUT2D eigenvalue weighted by atomic mass is 32.1. The maximum Gasteiger partial charge on any atom is 0.219 e. The Morgan fingerprint density at radius 3 is 2.24 bits per heavy atom. The van der Waals surface area contributed by atoms with Crippen LogP contribution in [-0.2, 0) is 0 Å². The zero-order valence-corrected chi connectivity index (χ0v) is 10.9. The monoisotopic (exact) mass is 256 g/mol. The number of rotatable bonds is 8. The standard InChI is InChI=1S/C12H20N2OS.CH4/c1-3-6-14(7-4-2)8-5-13-10-9-11(16)12(10)15;/h9,13H,3-8H2,1-2H3;1H4. The van der Waals surface area contributed by atoms with Crippen molar-refractivity contribution in [2.24, 2.45) is 0 Å². The maximum atomic E-state index is 11.2. The van der Waals surface area contributed by atoms with Gasteiger partial charge in [0.2, 0.25) is 5.43 Å². The third kappa shape index (κ3) is 4.96. The van der Waals surface area contributed by atoms with Gasteiger partial charge in [-0.15, -0.1) is 0 Å². The minimum atomic E-state index is -0.00691. The van der Waals surface area contributed by atoms with Crippen LogP contribution in [0.25, 0.3) is 0 Å². The van der Waals surface area contributed by atoms with E-state index in [1.807, 2.05) is 0 Å². The van der Waals surface area contributed by atoms with Crippen LogP contribution < -0.4 is 10.7 Å². The molecule has 0 saturated heterocycles. The van der Waals surface area contributed by atoms with Crippen LogP contribution in [0.1, 0.15) is 34.1 Å². The lowest BCUT2D eigenvalue weighted by molar-refractivity contribution is 0.285. The molecule has 1 aromatic carbocycles. The summed E-state index contributed by atoms with van der Waals surface area (Å²) in [6.45, 7) is 8.43. The van der Waals surface area contributed by atoms with E-state index in [0.717, 1.165) is 26.2 Å². The molecule has 98 valence electrons. The third-order valence-corrected chi connectivity index (χ3v) is 2.87. The first-order valence-electron chi connectivity index (χ1n) is 5.95. The molecule has 3 nitrogen and oxygen atoms in total. The summed E-state index contributed by atoms with van der Waals surface area (Å²) in [5.41, 5.74) is 0.672. The van der Waals surface area contributed by atoms with Crippen LogP contribution in [-0.4, -0.2) is 31.1 Å². The van der Waals surface area contributed by atoms with E-state index >= 15 is 0 Å². The van der Waals surface area contributed by atoms with Gasteiger partial charge < -0.3 is 10.2 Å². The van der Waals surface area contributed by atoms with Gasteiger partial charge in [0.05, 0.1) is 10.2 Å². The molecule has 0 amide bonds. The van der Waals surface area contributed by atoms with Gasteiger partial charge in [0.1, 0.15) is 0 Å². The summed E-state index contributed by atoms with van der Waals surface area (Å²) in [4.78, 5) is 13.6. The summed E-state index contributed by atoms with van der Waals surface area (Å²) in [6.07, 6.45) is 2.34. The van der Waals surface area contributed by atoms with Crippen LogP contribution in [0.15, 0.2) is 10.9 Å². The average Bonchev–Trinajstić information content (AvgIpc) is 2.28. The Kier molecular flexibility index (Phi) is 8.00. The van der Waals surface area contributed by atoms with E-state index in [0.29, 0.717) is 10.2 Å². The number of hydrogen-bond donors (Lipinski definition) is 1. The highest BCUT2D eigenvalue weighted by Gasteiger charge is 2.06. The van der Waals surface area contributed by atoms with Crippen LogP contribution in [0.3, 0.4) is 0 Å². The van der Waals surface area contributed by atoms with Gasteiger partial charge in [-0.05, 0) is 32.0 Å². The molecule has 1 aromatic rings. The predicted octanol–water partition coefficient (Wildman–Crippen LogP) is 2.82. The molecule has 0 aliphatic heterocycles. The van der Waals surface area contributed by atoms with Crippen LogP contribution >= 0.6 is 12.2 Å². The van der Waals surface area contributed by atoms with E-state index in [4.69, 9.17) is 12.2 Å². The normalized spacial score (nSPS) is 10.5. The van der Waals surface area contributed by atoms with Crippen molar-refractivity contribution in [1.29, 1.82) is 0 Å². The minimum Gasteiger partial charge on any atom is -0.381 e. The lowest BCUT2D eigenvalue weighted by Gasteiger charge is -2.21. The van der Waals surface area contributed by atoms with E-state index in [1.54, 1.807) is 6.07 Å². The van der Waals surface area contributed by atoms with Crippen molar-refractivity contribution in [3.63, 3.8) is 0 Å². The molecule has 0 aliphatic carbocycles. The van der Waals surface area contributed by atoms with Gasteiger partial charge in [-0.2, -0.15) is 0 Å². The van der Waals surface area contributed by atoms with Crippen molar-refractivity contribution >= 4 is 17.9 Å². The van der Waals surface area contributed by atoms with E-state index < -0.39 is 0 Å². The summed E-state index contributed by atoms with van der Waals surface area (Å²) in [5.74, 6) is 0. The second-order valence-electron chi connectivity index (χ2n) is 4.02. The Morgan fingerprint density at radius 2 is 1.82 bits per heavy atom. The molecular weight excluding hydrogens is 232 g/mol. The molecule has 0 fully saturated rings. The van der Waals surface area contributed by atoms with E-state index in [2.05, 4.69) is 24.1 Å². The summed E-state index contributed by atoms with van der Waals surface area (Å²) < 4.78 is 0.446. The number of hydrogen-bond acceptors (Lipinski definition) is 4. The molecule has 0 aromatic heterocycles. The molecule has 4 heteroatoms. The first-order valence-corrected chi connectivity index (χ1v) is 6.36. The zero-order valence-electron chi connectivity index (χ0n) is 10.1. The van der Waals surface area contributed by atoms with Crippen LogP contribution in [0.5, 0.6) is 0 Å². The van der Waals surface area contributed by atoms with E-state index in [1.165, 1.54) is 12.8 Å². The van der Waals surface area contributed by atoms with E-state index in [9.17, 15) is 4.79 Å². The lowest BCUT2D eigenvalue weighted by atomic mass is 10.2. The molecule has 1 rings (SSSR count). The Hall–Kier alpha value is -0.740. The average molecular weight is 256 g/mol. The van der Waals surface area contributed by atoms with Crippen molar-refractivity contribution in [2.75, 3.05) is 31.5 Å². The van der Waals surface area contributed by atoms with Gasteiger partial charge in [-0.1, -0.05) is 33.5 Å². The molecule has 0 atom stereocenters. The van der Waals surface area contributed by atoms with Crippen LogP contribution in [0, 0.1) is 4.51 Å². The molecule has 17 heavy (non-hydrogen) atoms. The van der Waals surface area contributed by atoms with Gasteiger partial charge in [-0.3, -0.25) is 4.79 Å². The quantitative estimate of drug-likeness (QED) is 0.725. The first kappa shape index (κ1) is 16.3. The fourth-order valence-corrected chi connectivity index (χ4v) is 1.99. The van der Waals surface area contributed by atoms with Gasteiger partial charge in [-0.25, -0.2) is 0 Å². The van der Waals surface area contributed by atoms with Gasteiger partial charge >= 0.3 is 0 Å². The zero-order chi connectivity index (χ0) is 12.0. The van der Waals surface area contributed by atoms with Crippen molar-refractivity contribution in [3.8, 4) is 0 Å². The topological polar surface area (TPSA) is 32.3 Å². The molecule has 0 unspecified atom stereocenters. The molecule has 0 saturated carbocycles. The molecule has 1 N–H and O–H groups in total. The molecule has 0 spiro atoms. The van der Waals surface area contributed by atoms with E-state index in [-0.39, 0.29) is 12.9 Å². The van der Waals surface area contributed by atoms with Crippen LogP contribution in [0.4, 0.5) is 5.69 Å². The minimum absolute atomic E-state index is 0. The van der Waals surface area contributed by atoms with Gasteiger partial charge in [0.25, 0.3) is 0 Å². The number of anilines is 1. The highest BCUT2D eigenvalue weighted by molar-refractivity contribution is 7.71. The summed E-state index contributed by atoms with van der Waals surface area (Å²) in [6, 6.07) is 1.74. The Morgan fingerprint density at radius 1 is 1.24 bits per heavy atom. The number of nitrogens with one attached hydrogen (secondary N) is 1. The maximum absolute atomic E-state index is 11.2. The predicted molar refractivity (Wildman–Crippen MR) is 78.2 cm³/mol. The van der Waals surface area contributed by atoms with Crippen molar-refractivity contribution in [3.05, 3.63) is 20.8 Å². The molecule has 0 aliphatic rings. The fraction of sp³-hybridized carbons (Fsp3) is 0.692. The summed E-state index contributed by atoms with van der Waals surface area (Å²) in [5, 5.41) is 3.13. The smallest absolute Gasteiger partial charge is 0.219 e. The van der Waals surface area contributed by atoms with Gasteiger partial charge in [0.15, 0.2) is 0 Å². The summed E-state index contributed by atoms with van der Waals surface area (Å²) >= 11 is 4.79. The largest absolute Gasteiger partial charge is 0.381 e. The van der Waals surface area contributed by atoms with Crippen LogP contribution in [0.2, 0.25) is 0 Å². The first-order chi connectivity index (χ1) is 7.69. The van der Waals surface area contributed by atoms with Crippen molar-refractivity contribution < 1.29 is 0 Å². The van der Waals surface area contributed by atoms with Crippen molar-refractivity contribution in [2.45, 2.75) is 34.1 Å².